The number of aromatic nitrogens is 3. The molecule has 96 valence electrons. The van der Waals surface area contributed by atoms with E-state index in [1.165, 1.54) is 12.8 Å². The summed E-state index contributed by atoms with van der Waals surface area (Å²) in [5.74, 6) is 0.745. The molecule has 0 spiro atoms. The summed E-state index contributed by atoms with van der Waals surface area (Å²) in [7, 11) is 0. The van der Waals surface area contributed by atoms with Gasteiger partial charge < -0.3 is 10.1 Å². The average Bonchev–Trinajstić information content (AvgIpc) is 2.89. The fourth-order valence-corrected chi connectivity index (χ4v) is 2.32. The molecular weight excluding hydrogens is 216 g/mol. The van der Waals surface area contributed by atoms with Crippen LogP contribution in [0.3, 0.4) is 0 Å². The Morgan fingerprint density at radius 3 is 3.00 bits per heavy atom. The summed E-state index contributed by atoms with van der Waals surface area (Å²) >= 11 is 0. The molecule has 1 fully saturated rings. The van der Waals surface area contributed by atoms with Gasteiger partial charge in [0.2, 0.25) is 0 Å². The second-order valence-corrected chi connectivity index (χ2v) is 4.69. The van der Waals surface area contributed by atoms with Crippen LogP contribution in [-0.4, -0.2) is 35.2 Å². The lowest BCUT2D eigenvalue weighted by Gasteiger charge is -2.26. The van der Waals surface area contributed by atoms with Crippen molar-refractivity contribution in [2.24, 2.45) is 5.92 Å². The SMILES string of the molecule is CCCNC(CC1CCOCC1)c1cn[nH]n1. The van der Waals surface area contributed by atoms with Crippen LogP contribution in [0.4, 0.5) is 0 Å². The highest BCUT2D eigenvalue weighted by Crippen LogP contribution is 2.26. The van der Waals surface area contributed by atoms with E-state index in [4.69, 9.17) is 4.74 Å². The van der Waals surface area contributed by atoms with Gasteiger partial charge in [-0.3, -0.25) is 0 Å². The first-order chi connectivity index (χ1) is 8.40. The molecule has 1 atom stereocenters. The van der Waals surface area contributed by atoms with E-state index in [0.717, 1.165) is 44.2 Å². The smallest absolute Gasteiger partial charge is 0.0993 e. The first-order valence-electron chi connectivity index (χ1n) is 6.57. The zero-order chi connectivity index (χ0) is 11.9. The van der Waals surface area contributed by atoms with Crippen molar-refractivity contribution in [3.63, 3.8) is 0 Å². The van der Waals surface area contributed by atoms with Crippen molar-refractivity contribution in [2.45, 2.75) is 38.6 Å². The Balaban J connectivity index is 1.90. The summed E-state index contributed by atoms with van der Waals surface area (Å²) in [5.41, 5.74) is 1.03. The number of aromatic amines is 1. The molecular formula is C12H22N4O. The lowest BCUT2D eigenvalue weighted by Crippen LogP contribution is -2.27. The number of H-pyrrole nitrogens is 1. The van der Waals surface area contributed by atoms with E-state index in [9.17, 15) is 0 Å². The van der Waals surface area contributed by atoms with Gasteiger partial charge in [0.25, 0.3) is 0 Å². The number of hydrogen-bond acceptors (Lipinski definition) is 4. The Kier molecular flexibility index (Phi) is 4.94. The van der Waals surface area contributed by atoms with Crippen molar-refractivity contribution in [3.8, 4) is 0 Å². The third kappa shape index (κ3) is 3.78. The predicted octanol–water partition coefficient (Wildman–Crippen LogP) is 1.66. The van der Waals surface area contributed by atoms with Gasteiger partial charge in [-0.25, -0.2) is 0 Å². The van der Waals surface area contributed by atoms with E-state index in [0.29, 0.717) is 6.04 Å². The predicted molar refractivity (Wildman–Crippen MR) is 65.6 cm³/mol. The van der Waals surface area contributed by atoms with Crippen molar-refractivity contribution in [2.75, 3.05) is 19.8 Å². The van der Waals surface area contributed by atoms with Crippen LogP contribution >= 0.6 is 0 Å². The number of nitrogens with zero attached hydrogens (tertiary/aromatic N) is 2. The van der Waals surface area contributed by atoms with E-state index in [1.54, 1.807) is 0 Å². The monoisotopic (exact) mass is 238 g/mol. The molecule has 0 aromatic carbocycles. The number of rotatable bonds is 6. The fraction of sp³-hybridized carbons (Fsp3) is 0.833. The molecule has 0 saturated carbocycles. The van der Waals surface area contributed by atoms with Crippen molar-refractivity contribution < 1.29 is 4.74 Å². The molecule has 0 amide bonds. The van der Waals surface area contributed by atoms with Gasteiger partial charge in [0.1, 0.15) is 0 Å². The van der Waals surface area contributed by atoms with Crippen LogP contribution in [-0.2, 0) is 4.74 Å². The van der Waals surface area contributed by atoms with Crippen molar-refractivity contribution in [3.05, 3.63) is 11.9 Å². The average molecular weight is 238 g/mol. The molecule has 0 bridgehead atoms. The number of nitrogens with one attached hydrogen (secondary N) is 2. The van der Waals surface area contributed by atoms with Gasteiger partial charge in [0, 0.05) is 13.2 Å². The molecule has 0 radical (unpaired) electrons. The maximum absolute atomic E-state index is 5.40. The zero-order valence-corrected chi connectivity index (χ0v) is 10.5. The van der Waals surface area contributed by atoms with Crippen molar-refractivity contribution in [1.29, 1.82) is 0 Å². The largest absolute Gasteiger partial charge is 0.381 e. The molecule has 1 aliphatic rings. The van der Waals surface area contributed by atoms with Gasteiger partial charge in [-0.1, -0.05) is 6.92 Å². The molecule has 1 aromatic heterocycles. The summed E-state index contributed by atoms with van der Waals surface area (Å²) in [6.45, 7) is 5.02. The Bertz CT molecular complexity index is 295. The summed E-state index contributed by atoms with van der Waals surface area (Å²) in [5, 5.41) is 14.4. The third-order valence-electron chi connectivity index (χ3n) is 3.34. The minimum absolute atomic E-state index is 0.330. The van der Waals surface area contributed by atoms with Crippen LogP contribution in [0.15, 0.2) is 6.20 Å². The van der Waals surface area contributed by atoms with Crippen molar-refractivity contribution >= 4 is 0 Å². The van der Waals surface area contributed by atoms with Gasteiger partial charge in [0.15, 0.2) is 0 Å². The summed E-state index contributed by atoms with van der Waals surface area (Å²) in [4.78, 5) is 0. The number of ether oxygens (including phenoxy) is 1. The van der Waals surface area contributed by atoms with Crippen LogP contribution in [0.1, 0.15) is 44.3 Å². The molecule has 1 aromatic rings. The van der Waals surface area contributed by atoms with Gasteiger partial charge in [-0.15, -0.1) is 0 Å². The second-order valence-electron chi connectivity index (χ2n) is 4.69. The van der Waals surface area contributed by atoms with Crippen molar-refractivity contribution in [1.82, 2.24) is 20.7 Å². The summed E-state index contributed by atoms with van der Waals surface area (Å²) in [6, 6.07) is 0.330. The van der Waals surface area contributed by atoms with E-state index in [2.05, 4.69) is 27.7 Å². The minimum Gasteiger partial charge on any atom is -0.381 e. The van der Waals surface area contributed by atoms with Crippen LogP contribution in [0, 0.1) is 5.92 Å². The van der Waals surface area contributed by atoms with Crippen LogP contribution < -0.4 is 5.32 Å². The molecule has 5 heteroatoms. The lowest BCUT2D eigenvalue weighted by molar-refractivity contribution is 0.0603. The maximum Gasteiger partial charge on any atom is 0.0993 e. The Morgan fingerprint density at radius 1 is 1.53 bits per heavy atom. The van der Waals surface area contributed by atoms with Gasteiger partial charge >= 0.3 is 0 Å². The summed E-state index contributed by atoms with van der Waals surface area (Å²) in [6.07, 6.45) is 6.44. The standard InChI is InChI=1S/C12H22N4O/c1-2-5-13-11(12-9-14-16-15-12)8-10-3-6-17-7-4-10/h9-11,13H,2-8H2,1H3,(H,14,15,16). The molecule has 5 nitrogen and oxygen atoms in total. The highest BCUT2D eigenvalue weighted by Gasteiger charge is 2.21. The van der Waals surface area contributed by atoms with Crippen LogP contribution in [0.25, 0.3) is 0 Å². The molecule has 2 N–H and O–H groups in total. The second kappa shape index (κ2) is 6.71. The first kappa shape index (κ1) is 12.5. The topological polar surface area (TPSA) is 62.8 Å². The first-order valence-corrected chi connectivity index (χ1v) is 6.57. The highest BCUT2D eigenvalue weighted by atomic mass is 16.5. The van der Waals surface area contributed by atoms with Crippen LogP contribution in [0.5, 0.6) is 0 Å². The molecule has 2 rings (SSSR count). The molecule has 1 unspecified atom stereocenters. The Morgan fingerprint density at radius 2 is 2.35 bits per heavy atom. The fourth-order valence-electron chi connectivity index (χ4n) is 2.32. The van der Waals surface area contributed by atoms with E-state index in [-0.39, 0.29) is 0 Å². The minimum atomic E-state index is 0.330. The molecule has 0 aliphatic carbocycles. The summed E-state index contributed by atoms with van der Waals surface area (Å²) < 4.78 is 5.40. The lowest BCUT2D eigenvalue weighted by atomic mass is 9.91. The molecule has 17 heavy (non-hydrogen) atoms. The molecule has 1 aliphatic heterocycles. The number of hydrogen-bond donors (Lipinski definition) is 2. The van der Waals surface area contributed by atoms with Gasteiger partial charge in [0.05, 0.1) is 17.9 Å². The quantitative estimate of drug-likeness (QED) is 0.791. The van der Waals surface area contributed by atoms with E-state index >= 15 is 0 Å². The van der Waals surface area contributed by atoms with Gasteiger partial charge in [-0.05, 0) is 38.1 Å². The Labute approximate surface area is 102 Å². The normalized spacial score (nSPS) is 19.4. The maximum atomic E-state index is 5.40. The molecule has 2 heterocycles. The van der Waals surface area contributed by atoms with Crippen LogP contribution in [0.2, 0.25) is 0 Å². The Hall–Kier alpha value is -0.940. The van der Waals surface area contributed by atoms with Gasteiger partial charge in [-0.2, -0.15) is 15.4 Å². The third-order valence-corrected chi connectivity index (χ3v) is 3.34. The zero-order valence-electron chi connectivity index (χ0n) is 10.5. The molecule has 1 saturated heterocycles. The van der Waals surface area contributed by atoms with E-state index < -0.39 is 0 Å². The highest BCUT2D eigenvalue weighted by molar-refractivity contribution is 5.00. The van der Waals surface area contributed by atoms with E-state index in [1.807, 2.05) is 6.20 Å².